The van der Waals surface area contributed by atoms with Gasteiger partial charge in [0.05, 0.1) is 17.7 Å². The Labute approximate surface area is 148 Å². The summed E-state index contributed by atoms with van der Waals surface area (Å²) >= 11 is 0. The first-order valence-corrected chi connectivity index (χ1v) is 7.61. The van der Waals surface area contributed by atoms with E-state index in [1.165, 1.54) is 24.4 Å². The molecule has 26 heavy (non-hydrogen) atoms. The van der Waals surface area contributed by atoms with Crippen LogP contribution >= 0.6 is 0 Å². The molecule has 2 N–H and O–H groups in total. The lowest BCUT2D eigenvalue weighted by Gasteiger charge is -2.06. The lowest BCUT2D eigenvalue weighted by atomic mass is 10.2. The van der Waals surface area contributed by atoms with E-state index >= 15 is 0 Å². The smallest absolute Gasteiger partial charge is 0.329 e. The van der Waals surface area contributed by atoms with Crippen LogP contribution in [0.3, 0.4) is 0 Å². The summed E-state index contributed by atoms with van der Waals surface area (Å²) in [5.41, 5.74) is 2.79. The van der Waals surface area contributed by atoms with Crippen LogP contribution in [0.4, 0.5) is 11.4 Å². The van der Waals surface area contributed by atoms with Gasteiger partial charge in [-0.1, -0.05) is 12.1 Å². The number of hydrogen-bond acceptors (Lipinski definition) is 6. The van der Waals surface area contributed by atoms with E-state index < -0.39 is 16.7 Å². The van der Waals surface area contributed by atoms with Gasteiger partial charge in [-0.3, -0.25) is 19.7 Å². The summed E-state index contributed by atoms with van der Waals surface area (Å²) < 4.78 is 5.28. The van der Waals surface area contributed by atoms with Gasteiger partial charge in [0.1, 0.15) is 5.75 Å². The van der Waals surface area contributed by atoms with Crippen molar-refractivity contribution in [1.29, 1.82) is 0 Å². The Kier molecular flexibility index (Phi) is 6.38. The van der Waals surface area contributed by atoms with Gasteiger partial charge in [-0.25, -0.2) is 5.43 Å². The van der Waals surface area contributed by atoms with Crippen molar-refractivity contribution in [1.82, 2.24) is 5.43 Å². The standard InChI is InChI=1S/C17H16N4O5/c1-2-26-15-8-6-13(7-9-15)19-16(22)17(23)20-18-11-12-4-3-5-14(10-12)21(24)25/h3-11H,2H2,1H3,(H,19,22)(H,20,23)/b18-11+. The van der Waals surface area contributed by atoms with E-state index in [-0.39, 0.29) is 5.69 Å². The van der Waals surface area contributed by atoms with Crippen molar-refractivity contribution in [2.45, 2.75) is 6.92 Å². The highest BCUT2D eigenvalue weighted by molar-refractivity contribution is 6.39. The molecule has 0 aliphatic rings. The van der Waals surface area contributed by atoms with Gasteiger partial charge < -0.3 is 10.1 Å². The zero-order valence-corrected chi connectivity index (χ0v) is 13.8. The second-order valence-corrected chi connectivity index (χ2v) is 4.96. The Bertz CT molecular complexity index is 833. The number of nitrogens with zero attached hydrogens (tertiary/aromatic N) is 2. The fourth-order valence-corrected chi connectivity index (χ4v) is 1.92. The third kappa shape index (κ3) is 5.41. The van der Waals surface area contributed by atoms with Gasteiger partial charge >= 0.3 is 11.8 Å². The van der Waals surface area contributed by atoms with Crippen LogP contribution in [0.15, 0.2) is 53.6 Å². The number of nitro groups is 1. The fraction of sp³-hybridized carbons (Fsp3) is 0.118. The second kappa shape index (κ2) is 8.92. The van der Waals surface area contributed by atoms with Crippen LogP contribution in [0.5, 0.6) is 5.75 Å². The van der Waals surface area contributed by atoms with Crippen molar-refractivity contribution in [3.63, 3.8) is 0 Å². The molecule has 0 aliphatic heterocycles. The van der Waals surface area contributed by atoms with Crippen molar-refractivity contribution in [3.8, 4) is 5.75 Å². The molecule has 0 spiro atoms. The lowest BCUT2D eigenvalue weighted by Crippen LogP contribution is -2.32. The number of carbonyl (C=O) groups is 2. The summed E-state index contributed by atoms with van der Waals surface area (Å²) in [6.07, 6.45) is 1.20. The summed E-state index contributed by atoms with van der Waals surface area (Å²) in [4.78, 5) is 33.6. The predicted molar refractivity (Wildman–Crippen MR) is 95.1 cm³/mol. The normalized spacial score (nSPS) is 10.3. The lowest BCUT2D eigenvalue weighted by molar-refractivity contribution is -0.384. The number of nitro benzene ring substituents is 1. The number of carbonyl (C=O) groups excluding carboxylic acids is 2. The highest BCUT2D eigenvalue weighted by atomic mass is 16.6. The van der Waals surface area contributed by atoms with E-state index in [4.69, 9.17) is 4.74 Å². The summed E-state index contributed by atoms with van der Waals surface area (Å²) in [6, 6.07) is 12.2. The van der Waals surface area contributed by atoms with Crippen LogP contribution in [0.2, 0.25) is 0 Å². The van der Waals surface area contributed by atoms with Gasteiger partial charge in [-0.2, -0.15) is 5.10 Å². The van der Waals surface area contributed by atoms with E-state index in [0.29, 0.717) is 23.6 Å². The maximum atomic E-state index is 11.8. The number of benzene rings is 2. The van der Waals surface area contributed by atoms with E-state index in [1.54, 1.807) is 30.3 Å². The fourth-order valence-electron chi connectivity index (χ4n) is 1.92. The Hall–Kier alpha value is -3.75. The molecule has 0 bridgehead atoms. The van der Waals surface area contributed by atoms with Crippen LogP contribution in [-0.4, -0.2) is 29.6 Å². The predicted octanol–water partition coefficient (Wildman–Crippen LogP) is 2.08. The molecule has 9 heteroatoms. The summed E-state index contributed by atoms with van der Waals surface area (Å²) in [7, 11) is 0. The van der Waals surface area contributed by atoms with Crippen LogP contribution in [0.1, 0.15) is 12.5 Å². The quantitative estimate of drug-likeness (QED) is 0.355. The number of hydrazone groups is 1. The molecule has 134 valence electrons. The van der Waals surface area contributed by atoms with Gasteiger partial charge in [-0.15, -0.1) is 0 Å². The molecule has 2 aromatic rings. The summed E-state index contributed by atoms with van der Waals surface area (Å²) in [5, 5.41) is 16.7. The zero-order valence-electron chi connectivity index (χ0n) is 13.8. The molecule has 9 nitrogen and oxygen atoms in total. The molecule has 0 heterocycles. The van der Waals surface area contributed by atoms with E-state index in [9.17, 15) is 19.7 Å². The summed E-state index contributed by atoms with van der Waals surface area (Å²) in [6.45, 7) is 2.38. The van der Waals surface area contributed by atoms with E-state index in [0.717, 1.165) is 0 Å². The second-order valence-electron chi connectivity index (χ2n) is 4.96. The molecule has 0 radical (unpaired) electrons. The van der Waals surface area contributed by atoms with Gasteiger partial charge in [0.2, 0.25) is 0 Å². The molecule has 0 aromatic heterocycles. The number of ether oxygens (including phenoxy) is 1. The monoisotopic (exact) mass is 356 g/mol. The zero-order chi connectivity index (χ0) is 18.9. The highest BCUT2D eigenvalue weighted by Crippen LogP contribution is 2.15. The average molecular weight is 356 g/mol. The Morgan fingerprint density at radius 2 is 1.92 bits per heavy atom. The number of nitrogens with one attached hydrogen (secondary N) is 2. The Balaban J connectivity index is 1.89. The first kappa shape index (κ1) is 18.6. The van der Waals surface area contributed by atoms with Crippen LogP contribution < -0.4 is 15.5 Å². The van der Waals surface area contributed by atoms with Crippen molar-refractivity contribution in [2.24, 2.45) is 5.10 Å². The first-order valence-electron chi connectivity index (χ1n) is 7.61. The van der Waals surface area contributed by atoms with Crippen LogP contribution in [-0.2, 0) is 9.59 Å². The van der Waals surface area contributed by atoms with Crippen molar-refractivity contribution >= 4 is 29.4 Å². The molecular formula is C17H16N4O5. The van der Waals surface area contributed by atoms with E-state index in [2.05, 4.69) is 15.8 Å². The van der Waals surface area contributed by atoms with Crippen LogP contribution in [0, 0.1) is 10.1 Å². The number of amides is 2. The molecule has 0 unspecified atom stereocenters. The molecule has 0 saturated carbocycles. The molecule has 0 fully saturated rings. The molecule has 2 amide bonds. The van der Waals surface area contributed by atoms with Gasteiger partial charge in [-0.05, 0) is 31.2 Å². The highest BCUT2D eigenvalue weighted by Gasteiger charge is 2.13. The maximum absolute atomic E-state index is 11.8. The molecule has 0 atom stereocenters. The molecular weight excluding hydrogens is 340 g/mol. The first-order chi connectivity index (χ1) is 12.5. The van der Waals surface area contributed by atoms with Gasteiger partial charge in [0.15, 0.2) is 0 Å². The minimum Gasteiger partial charge on any atom is -0.494 e. The Morgan fingerprint density at radius 1 is 1.19 bits per heavy atom. The van der Waals surface area contributed by atoms with Crippen molar-refractivity contribution < 1.29 is 19.2 Å². The minimum absolute atomic E-state index is 0.103. The number of hydrogen-bond donors (Lipinski definition) is 2. The topological polar surface area (TPSA) is 123 Å². The SMILES string of the molecule is CCOc1ccc(NC(=O)C(=O)N/N=C/c2cccc([N+](=O)[O-])c2)cc1. The van der Waals surface area contributed by atoms with Crippen LogP contribution in [0.25, 0.3) is 0 Å². The van der Waals surface area contributed by atoms with Crippen molar-refractivity contribution in [3.05, 3.63) is 64.2 Å². The third-order valence-corrected chi connectivity index (χ3v) is 3.09. The number of rotatable bonds is 6. The minimum atomic E-state index is -0.972. The average Bonchev–Trinajstić information content (AvgIpc) is 2.63. The van der Waals surface area contributed by atoms with Crippen molar-refractivity contribution in [2.75, 3.05) is 11.9 Å². The molecule has 2 rings (SSSR count). The number of anilines is 1. The third-order valence-electron chi connectivity index (χ3n) is 3.09. The molecule has 0 saturated heterocycles. The summed E-state index contributed by atoms with van der Waals surface area (Å²) in [5.74, 6) is -1.22. The van der Waals surface area contributed by atoms with E-state index in [1.807, 2.05) is 6.92 Å². The largest absolute Gasteiger partial charge is 0.494 e. The molecule has 0 aliphatic carbocycles. The number of non-ortho nitro benzene ring substituents is 1. The maximum Gasteiger partial charge on any atom is 0.329 e. The Morgan fingerprint density at radius 3 is 2.58 bits per heavy atom. The molecule has 2 aromatic carbocycles. The van der Waals surface area contributed by atoms with Gasteiger partial charge in [0, 0.05) is 23.4 Å². The van der Waals surface area contributed by atoms with Gasteiger partial charge in [0.25, 0.3) is 5.69 Å².